The number of hydrogen-bond donors (Lipinski definition) is 4. The molecule has 1 aromatic carbocycles. The first-order chi connectivity index (χ1) is 9.88. The summed E-state index contributed by atoms with van der Waals surface area (Å²) in [5.41, 5.74) is 6.68. The zero-order valence-electron chi connectivity index (χ0n) is 11.4. The Labute approximate surface area is 132 Å². The molecule has 2 rings (SSSR count). The molecule has 0 saturated carbocycles. The quantitative estimate of drug-likeness (QED) is 0.341. The van der Waals surface area contributed by atoms with E-state index in [1.165, 1.54) is 0 Å². The van der Waals surface area contributed by atoms with E-state index in [1.54, 1.807) is 24.3 Å². The summed E-state index contributed by atoms with van der Waals surface area (Å²) in [6.45, 7) is -0.648. The van der Waals surface area contributed by atoms with Crippen molar-refractivity contribution in [3.63, 3.8) is 0 Å². The molecule has 1 aromatic rings. The van der Waals surface area contributed by atoms with Crippen LogP contribution in [0.2, 0.25) is 0 Å². The summed E-state index contributed by atoms with van der Waals surface area (Å²) < 4.78 is 0. The van der Waals surface area contributed by atoms with Crippen LogP contribution in [-0.2, 0) is 16.0 Å². The van der Waals surface area contributed by atoms with Crippen molar-refractivity contribution in [3.05, 3.63) is 35.4 Å². The second kappa shape index (κ2) is 6.90. The summed E-state index contributed by atoms with van der Waals surface area (Å²) in [7, 11) is 0. The molecule has 1 aliphatic heterocycles. The van der Waals surface area contributed by atoms with Crippen molar-refractivity contribution in [2.75, 3.05) is 6.54 Å². The first kappa shape index (κ1) is 17.4. The van der Waals surface area contributed by atoms with Gasteiger partial charge in [0.2, 0.25) is 0 Å². The van der Waals surface area contributed by atoms with Gasteiger partial charge in [-0.1, -0.05) is 24.3 Å². The number of amides is 3. The Morgan fingerprint density at radius 2 is 1.91 bits per heavy atom. The van der Waals surface area contributed by atoms with Gasteiger partial charge in [-0.3, -0.25) is 19.9 Å². The normalized spacial score (nSPS) is 16.9. The number of carboxylic acid groups (broad SMARTS) is 1. The molecule has 0 radical (unpaired) electrons. The summed E-state index contributed by atoms with van der Waals surface area (Å²) >= 11 is 0. The lowest BCUT2D eigenvalue weighted by Crippen LogP contribution is -2.36. The summed E-state index contributed by atoms with van der Waals surface area (Å²) in [5, 5.41) is 18.4. The highest BCUT2D eigenvalue weighted by Crippen LogP contribution is 2.13. The van der Waals surface area contributed by atoms with E-state index in [0.717, 1.165) is 5.56 Å². The number of aliphatic carboxylic acids is 1. The smallest absolute Gasteiger partial charge is 0.325 e. The van der Waals surface area contributed by atoms with Gasteiger partial charge in [-0.05, 0) is 5.56 Å². The van der Waals surface area contributed by atoms with Crippen molar-refractivity contribution in [3.8, 4) is 0 Å². The van der Waals surface area contributed by atoms with Gasteiger partial charge in [-0.2, -0.15) is 0 Å². The van der Waals surface area contributed by atoms with Gasteiger partial charge in [0.25, 0.3) is 5.91 Å². The lowest BCUT2D eigenvalue weighted by molar-refractivity contribution is -0.141. The second-order valence-electron chi connectivity index (χ2n) is 4.63. The monoisotopic (exact) mass is 326 g/mol. The summed E-state index contributed by atoms with van der Waals surface area (Å²) in [5.74, 6) is -1.86. The fourth-order valence-electron chi connectivity index (χ4n) is 2.06. The molecule has 1 saturated heterocycles. The van der Waals surface area contributed by atoms with E-state index in [2.05, 4.69) is 5.32 Å². The van der Waals surface area contributed by atoms with Gasteiger partial charge >= 0.3 is 12.0 Å². The molecule has 3 amide bonds. The third kappa shape index (κ3) is 3.73. The van der Waals surface area contributed by atoms with Crippen LogP contribution < -0.4 is 11.1 Å². The Morgan fingerprint density at radius 3 is 2.41 bits per heavy atom. The fourth-order valence-corrected chi connectivity index (χ4v) is 2.06. The van der Waals surface area contributed by atoms with Crippen molar-refractivity contribution in [2.45, 2.75) is 12.5 Å². The third-order valence-electron chi connectivity index (χ3n) is 3.11. The number of nitrogens with one attached hydrogen (secondary N) is 2. The van der Waals surface area contributed by atoms with Gasteiger partial charge in [-0.25, -0.2) is 4.79 Å². The molecule has 1 fully saturated rings. The number of urea groups is 1. The van der Waals surface area contributed by atoms with Gasteiger partial charge < -0.3 is 16.2 Å². The molecule has 8 nitrogen and oxygen atoms in total. The van der Waals surface area contributed by atoms with Crippen LogP contribution in [0.4, 0.5) is 4.79 Å². The first-order valence-corrected chi connectivity index (χ1v) is 6.15. The molecule has 5 N–H and O–H groups in total. The van der Waals surface area contributed by atoms with Gasteiger partial charge in [0.1, 0.15) is 18.4 Å². The number of hydrogen-bond acceptors (Lipinski definition) is 4. The highest BCUT2D eigenvalue weighted by Gasteiger charge is 2.38. The van der Waals surface area contributed by atoms with Gasteiger partial charge in [0.15, 0.2) is 0 Å². The average Bonchev–Trinajstić information content (AvgIpc) is 2.67. The van der Waals surface area contributed by atoms with E-state index < -0.39 is 30.5 Å². The van der Waals surface area contributed by atoms with E-state index in [-0.39, 0.29) is 24.7 Å². The number of imide groups is 1. The van der Waals surface area contributed by atoms with E-state index in [4.69, 9.17) is 16.2 Å². The van der Waals surface area contributed by atoms with Crippen LogP contribution in [0.25, 0.3) is 0 Å². The molecule has 0 aromatic heterocycles. The third-order valence-corrected chi connectivity index (χ3v) is 3.11. The Hall–Kier alpha value is -2.61. The van der Waals surface area contributed by atoms with Crippen LogP contribution in [0.1, 0.15) is 11.1 Å². The molecule has 1 heterocycles. The van der Waals surface area contributed by atoms with Gasteiger partial charge in [0, 0.05) is 12.0 Å². The van der Waals surface area contributed by atoms with Crippen LogP contribution in [0.3, 0.4) is 0 Å². The minimum atomic E-state index is -1.25. The van der Waals surface area contributed by atoms with E-state index >= 15 is 0 Å². The van der Waals surface area contributed by atoms with Crippen molar-refractivity contribution in [2.24, 2.45) is 5.73 Å². The number of nitrogens with zero attached hydrogens (tertiary/aromatic N) is 1. The number of carbonyl (C=O) groups excluding carboxylic acids is 2. The first-order valence-electron chi connectivity index (χ1n) is 6.15. The van der Waals surface area contributed by atoms with Crippen LogP contribution in [-0.4, -0.2) is 46.3 Å². The number of carboxylic acids is 1. The Kier molecular flexibility index (Phi) is 5.47. The van der Waals surface area contributed by atoms with Crippen LogP contribution in [0.5, 0.6) is 0 Å². The molecule has 0 aliphatic carbocycles. The number of carbonyl (C=O) groups is 3. The highest BCUT2D eigenvalue weighted by molar-refractivity contribution is 6.06. The molecule has 0 spiro atoms. The largest absolute Gasteiger partial charge is 0.480 e. The topological polar surface area (TPSA) is 137 Å². The minimum Gasteiger partial charge on any atom is -0.480 e. The molecule has 1 aliphatic rings. The van der Waals surface area contributed by atoms with Crippen LogP contribution in [0.15, 0.2) is 24.3 Å². The molecule has 22 heavy (non-hydrogen) atoms. The lowest BCUT2D eigenvalue weighted by atomic mass is 10.0. The molecule has 0 bridgehead atoms. The van der Waals surface area contributed by atoms with E-state index in [9.17, 15) is 14.4 Å². The molecule has 1 atom stereocenters. The number of amidine groups is 1. The maximum Gasteiger partial charge on any atom is 0.325 e. The molecular formula is C13H15ClN4O4. The number of halogens is 1. The molecule has 9 heteroatoms. The highest BCUT2D eigenvalue weighted by atomic mass is 35.5. The number of benzene rings is 1. The maximum atomic E-state index is 12.0. The molecule has 118 valence electrons. The molecule has 1 unspecified atom stereocenters. The molecular weight excluding hydrogens is 312 g/mol. The van der Waals surface area contributed by atoms with Crippen molar-refractivity contribution in [1.82, 2.24) is 10.2 Å². The van der Waals surface area contributed by atoms with Crippen molar-refractivity contribution >= 4 is 36.2 Å². The zero-order chi connectivity index (χ0) is 15.6. The predicted octanol–water partition coefficient (Wildman–Crippen LogP) is -0.0600. The predicted molar refractivity (Wildman–Crippen MR) is 80.1 cm³/mol. The minimum absolute atomic E-state index is 0. The summed E-state index contributed by atoms with van der Waals surface area (Å²) in [4.78, 5) is 34.8. The van der Waals surface area contributed by atoms with E-state index in [0.29, 0.717) is 10.5 Å². The van der Waals surface area contributed by atoms with E-state index in [1.807, 2.05) is 0 Å². The maximum absolute atomic E-state index is 12.0. The van der Waals surface area contributed by atoms with Crippen molar-refractivity contribution < 1.29 is 19.5 Å². The van der Waals surface area contributed by atoms with Crippen LogP contribution >= 0.6 is 12.4 Å². The van der Waals surface area contributed by atoms with Gasteiger partial charge in [0.05, 0.1) is 0 Å². The number of nitrogens with two attached hydrogens (primary N) is 1. The number of nitrogen functional groups attached to an aromatic ring is 1. The van der Waals surface area contributed by atoms with Gasteiger partial charge in [-0.15, -0.1) is 12.4 Å². The fraction of sp³-hybridized carbons (Fsp3) is 0.231. The number of rotatable bonds is 5. The van der Waals surface area contributed by atoms with Crippen LogP contribution in [0, 0.1) is 5.41 Å². The van der Waals surface area contributed by atoms with Crippen molar-refractivity contribution in [1.29, 1.82) is 5.41 Å². The Bertz CT molecular complexity index is 617. The SMILES string of the molecule is Cl.N=C(N)c1ccc(CC2NC(=O)N(CC(=O)O)C2=O)cc1. The second-order valence-corrected chi connectivity index (χ2v) is 4.63. The Morgan fingerprint density at radius 1 is 1.32 bits per heavy atom. The Balaban J connectivity index is 0.00000242. The standard InChI is InChI=1S/C13H14N4O4.ClH/c14-11(15)8-3-1-7(2-4-8)5-9-12(20)17(6-10(18)19)13(21)16-9;/h1-4,9H,5-6H2,(H3,14,15)(H,16,21)(H,18,19);1H. The average molecular weight is 327 g/mol. The summed E-state index contributed by atoms with van der Waals surface area (Å²) in [6, 6.07) is 5.22. The summed E-state index contributed by atoms with van der Waals surface area (Å²) in [6.07, 6.45) is 0.249. The zero-order valence-corrected chi connectivity index (χ0v) is 12.2. The lowest BCUT2D eigenvalue weighted by Gasteiger charge is -2.10.